The van der Waals surface area contributed by atoms with Gasteiger partial charge in [-0.05, 0) is 48.9 Å². The molecular weight excluding hydrogens is 268 g/mol. The van der Waals surface area contributed by atoms with Gasteiger partial charge in [0.2, 0.25) is 0 Å². The zero-order valence-corrected chi connectivity index (χ0v) is 13.3. The fraction of sp³-hybridized carbons (Fsp3) is 0.529. The Labute approximate surface area is 126 Å². The molecule has 1 saturated carbocycles. The van der Waals surface area contributed by atoms with Gasteiger partial charge in [-0.1, -0.05) is 31.5 Å². The molecule has 1 aliphatic rings. The van der Waals surface area contributed by atoms with Gasteiger partial charge in [0.05, 0.1) is 0 Å². The van der Waals surface area contributed by atoms with Gasteiger partial charge in [0.15, 0.2) is 0 Å². The lowest BCUT2D eigenvalue weighted by Crippen LogP contribution is -2.26. The Bertz CT molecular complexity index is 623. The van der Waals surface area contributed by atoms with Gasteiger partial charge < -0.3 is 9.88 Å². The van der Waals surface area contributed by atoms with Crippen LogP contribution >= 0.6 is 11.6 Å². The maximum absolute atomic E-state index is 6.12. The number of fused-ring (bicyclic) bond motifs is 1. The van der Waals surface area contributed by atoms with Crippen molar-refractivity contribution in [3.63, 3.8) is 0 Å². The number of halogens is 1. The number of benzene rings is 1. The van der Waals surface area contributed by atoms with Crippen LogP contribution in [0, 0.1) is 0 Å². The van der Waals surface area contributed by atoms with Crippen molar-refractivity contribution in [3.8, 4) is 0 Å². The molecule has 20 heavy (non-hydrogen) atoms. The van der Waals surface area contributed by atoms with Crippen LogP contribution < -0.4 is 5.32 Å². The highest BCUT2D eigenvalue weighted by Crippen LogP contribution is 2.35. The summed E-state index contributed by atoms with van der Waals surface area (Å²) in [6, 6.07) is 6.99. The van der Waals surface area contributed by atoms with E-state index in [0.29, 0.717) is 0 Å². The smallest absolute Gasteiger partial charge is 0.0495 e. The Morgan fingerprint density at radius 2 is 2.10 bits per heavy atom. The number of hydrogen-bond donors (Lipinski definition) is 1. The summed E-state index contributed by atoms with van der Waals surface area (Å²) in [5.41, 5.74) is 2.81. The summed E-state index contributed by atoms with van der Waals surface area (Å²) >= 11 is 6.12. The van der Waals surface area contributed by atoms with E-state index in [-0.39, 0.29) is 5.41 Å². The highest BCUT2D eigenvalue weighted by molar-refractivity contribution is 6.31. The Hall–Kier alpha value is -0.990. The van der Waals surface area contributed by atoms with Crippen LogP contribution in [0.3, 0.4) is 0 Å². The summed E-state index contributed by atoms with van der Waals surface area (Å²) in [5, 5.41) is 5.75. The Balaban J connectivity index is 1.87. The molecule has 1 aliphatic carbocycles. The number of nitrogens with zero attached hydrogens (tertiary/aromatic N) is 1. The third-order valence-electron chi connectivity index (χ3n) is 4.44. The van der Waals surface area contributed by atoms with Crippen LogP contribution in [-0.2, 0) is 12.5 Å². The molecule has 0 unspecified atom stereocenters. The minimum absolute atomic E-state index is 0.176. The largest absolute Gasteiger partial charge is 0.350 e. The standard InChI is InChI=1S/C17H23ClN2/c1-17(2,8-9-19-13-5-6-13)15-11-20(3)16-10-12(18)4-7-14(15)16/h4,7,10-11,13,19H,5-6,8-9H2,1-3H3. The summed E-state index contributed by atoms with van der Waals surface area (Å²) in [5.74, 6) is 0. The summed E-state index contributed by atoms with van der Waals surface area (Å²) in [4.78, 5) is 0. The van der Waals surface area contributed by atoms with Crippen molar-refractivity contribution < 1.29 is 0 Å². The number of hydrogen-bond acceptors (Lipinski definition) is 1. The third kappa shape index (κ3) is 2.72. The molecule has 0 amide bonds. The maximum atomic E-state index is 6.12. The van der Waals surface area contributed by atoms with Crippen LogP contribution in [0.1, 0.15) is 38.7 Å². The van der Waals surface area contributed by atoms with Crippen LogP contribution in [0.2, 0.25) is 5.02 Å². The lowest BCUT2D eigenvalue weighted by molar-refractivity contribution is 0.458. The monoisotopic (exact) mass is 290 g/mol. The lowest BCUT2D eigenvalue weighted by atomic mass is 9.81. The van der Waals surface area contributed by atoms with Gasteiger partial charge in [-0.15, -0.1) is 0 Å². The summed E-state index contributed by atoms with van der Waals surface area (Å²) < 4.78 is 2.19. The Morgan fingerprint density at radius 1 is 1.35 bits per heavy atom. The van der Waals surface area contributed by atoms with Crippen molar-refractivity contribution in [2.24, 2.45) is 7.05 Å². The zero-order valence-electron chi connectivity index (χ0n) is 12.5. The van der Waals surface area contributed by atoms with E-state index in [2.05, 4.69) is 49.1 Å². The first-order valence-electron chi connectivity index (χ1n) is 7.46. The van der Waals surface area contributed by atoms with Gasteiger partial charge in [0.1, 0.15) is 0 Å². The first kappa shape index (κ1) is 14.0. The van der Waals surface area contributed by atoms with Crippen molar-refractivity contribution in [1.29, 1.82) is 0 Å². The van der Waals surface area contributed by atoms with Crippen LogP contribution in [-0.4, -0.2) is 17.2 Å². The van der Waals surface area contributed by atoms with E-state index in [1.807, 2.05) is 6.07 Å². The molecule has 0 atom stereocenters. The van der Waals surface area contributed by atoms with Gasteiger partial charge >= 0.3 is 0 Å². The molecule has 2 aromatic rings. The average molecular weight is 291 g/mol. The molecule has 1 aromatic carbocycles. The Morgan fingerprint density at radius 3 is 2.80 bits per heavy atom. The fourth-order valence-corrected chi connectivity index (χ4v) is 3.07. The zero-order chi connectivity index (χ0) is 14.3. The first-order valence-corrected chi connectivity index (χ1v) is 7.83. The van der Waals surface area contributed by atoms with Crippen LogP contribution in [0.4, 0.5) is 0 Å². The predicted octanol–water partition coefficient (Wildman–Crippen LogP) is 4.25. The molecule has 2 nitrogen and oxygen atoms in total. The van der Waals surface area contributed by atoms with E-state index in [0.717, 1.165) is 24.0 Å². The number of nitrogens with one attached hydrogen (secondary N) is 1. The molecule has 0 spiro atoms. The van der Waals surface area contributed by atoms with Crippen molar-refractivity contribution in [2.45, 2.75) is 44.6 Å². The first-order chi connectivity index (χ1) is 9.47. The minimum atomic E-state index is 0.176. The van der Waals surface area contributed by atoms with E-state index in [4.69, 9.17) is 11.6 Å². The molecule has 3 heteroatoms. The molecule has 108 valence electrons. The van der Waals surface area contributed by atoms with Gasteiger partial charge in [0, 0.05) is 35.2 Å². The highest BCUT2D eigenvalue weighted by atomic mass is 35.5. The lowest BCUT2D eigenvalue weighted by Gasteiger charge is -2.24. The summed E-state index contributed by atoms with van der Waals surface area (Å²) in [6.45, 7) is 5.78. The molecule has 0 aliphatic heterocycles. The van der Waals surface area contributed by atoms with E-state index < -0.39 is 0 Å². The van der Waals surface area contributed by atoms with E-state index in [9.17, 15) is 0 Å². The van der Waals surface area contributed by atoms with Gasteiger partial charge in [-0.25, -0.2) is 0 Å². The Kier molecular flexibility index (Phi) is 3.55. The van der Waals surface area contributed by atoms with E-state index in [1.165, 1.54) is 29.3 Å². The molecule has 1 fully saturated rings. The molecule has 1 aromatic heterocycles. The summed E-state index contributed by atoms with van der Waals surface area (Å²) in [7, 11) is 2.10. The molecule has 0 saturated heterocycles. The second-order valence-corrected chi connectivity index (χ2v) is 7.11. The predicted molar refractivity (Wildman–Crippen MR) is 86.6 cm³/mol. The second kappa shape index (κ2) is 5.09. The molecule has 0 bridgehead atoms. The van der Waals surface area contributed by atoms with Crippen molar-refractivity contribution in [3.05, 3.63) is 35.0 Å². The fourth-order valence-electron chi connectivity index (χ4n) is 2.91. The third-order valence-corrected chi connectivity index (χ3v) is 4.68. The molecule has 0 radical (unpaired) electrons. The topological polar surface area (TPSA) is 17.0 Å². The molecule has 3 rings (SSSR count). The van der Waals surface area contributed by atoms with Crippen LogP contribution in [0.5, 0.6) is 0 Å². The van der Waals surface area contributed by atoms with Crippen LogP contribution in [0.25, 0.3) is 10.9 Å². The molecule has 1 N–H and O–H groups in total. The average Bonchev–Trinajstić information content (AvgIpc) is 3.14. The summed E-state index contributed by atoms with van der Waals surface area (Å²) in [6.07, 6.45) is 6.13. The van der Waals surface area contributed by atoms with Crippen molar-refractivity contribution >= 4 is 22.5 Å². The quantitative estimate of drug-likeness (QED) is 0.871. The van der Waals surface area contributed by atoms with Gasteiger partial charge in [-0.2, -0.15) is 0 Å². The maximum Gasteiger partial charge on any atom is 0.0495 e. The molecular formula is C17H23ClN2. The van der Waals surface area contributed by atoms with Crippen molar-refractivity contribution in [2.75, 3.05) is 6.54 Å². The van der Waals surface area contributed by atoms with Gasteiger partial charge in [-0.3, -0.25) is 0 Å². The van der Waals surface area contributed by atoms with Crippen molar-refractivity contribution in [1.82, 2.24) is 9.88 Å². The van der Waals surface area contributed by atoms with Crippen LogP contribution in [0.15, 0.2) is 24.4 Å². The number of rotatable bonds is 5. The SMILES string of the molecule is Cn1cc(C(C)(C)CCNC2CC2)c2ccc(Cl)cc21. The number of aryl methyl sites for hydroxylation is 1. The normalized spacial score (nSPS) is 16.0. The molecule has 1 heterocycles. The number of aromatic nitrogens is 1. The highest BCUT2D eigenvalue weighted by Gasteiger charge is 2.26. The minimum Gasteiger partial charge on any atom is -0.350 e. The van der Waals surface area contributed by atoms with E-state index in [1.54, 1.807) is 0 Å². The van der Waals surface area contributed by atoms with E-state index >= 15 is 0 Å². The van der Waals surface area contributed by atoms with Gasteiger partial charge in [0.25, 0.3) is 0 Å². The second-order valence-electron chi connectivity index (χ2n) is 6.68.